The maximum Gasteiger partial charge on any atom is 0.319 e. The molecule has 118 valence electrons. The van der Waals surface area contributed by atoms with Crippen molar-refractivity contribution >= 4 is 23.1 Å². The van der Waals surface area contributed by atoms with E-state index < -0.39 is 0 Å². The van der Waals surface area contributed by atoms with Crippen molar-refractivity contribution in [2.45, 2.75) is 6.54 Å². The molecular formula is C15H18N2O4S. The van der Waals surface area contributed by atoms with Crippen LogP contribution in [0.3, 0.4) is 0 Å². The van der Waals surface area contributed by atoms with E-state index in [1.165, 1.54) is 21.3 Å². The molecule has 2 amide bonds. The van der Waals surface area contributed by atoms with E-state index in [1.54, 1.807) is 23.5 Å². The zero-order valence-electron chi connectivity index (χ0n) is 12.6. The molecule has 22 heavy (non-hydrogen) atoms. The third kappa shape index (κ3) is 3.82. The predicted octanol–water partition coefficient (Wildman–Crippen LogP) is 3.10. The summed E-state index contributed by atoms with van der Waals surface area (Å²) in [5.41, 5.74) is 0.554. The maximum absolute atomic E-state index is 11.9. The third-order valence-electron chi connectivity index (χ3n) is 2.93. The maximum atomic E-state index is 11.9. The Kier molecular flexibility index (Phi) is 5.48. The molecule has 0 spiro atoms. The van der Waals surface area contributed by atoms with E-state index in [0.717, 1.165) is 4.88 Å². The zero-order valence-corrected chi connectivity index (χ0v) is 13.5. The van der Waals surface area contributed by atoms with Gasteiger partial charge in [0.2, 0.25) is 5.75 Å². The van der Waals surface area contributed by atoms with Gasteiger partial charge in [-0.05, 0) is 11.4 Å². The van der Waals surface area contributed by atoms with Gasteiger partial charge in [-0.25, -0.2) is 4.79 Å². The average molecular weight is 322 g/mol. The van der Waals surface area contributed by atoms with Gasteiger partial charge in [-0.3, -0.25) is 0 Å². The first-order chi connectivity index (χ1) is 10.7. The number of methoxy groups -OCH3 is 3. The molecule has 1 heterocycles. The van der Waals surface area contributed by atoms with Crippen LogP contribution in [0.4, 0.5) is 10.5 Å². The van der Waals surface area contributed by atoms with Crippen molar-refractivity contribution in [3.63, 3.8) is 0 Å². The van der Waals surface area contributed by atoms with E-state index >= 15 is 0 Å². The molecule has 0 fully saturated rings. The Hall–Kier alpha value is -2.41. The lowest BCUT2D eigenvalue weighted by atomic mass is 10.2. The molecule has 7 heteroatoms. The fraction of sp³-hybridized carbons (Fsp3) is 0.267. The molecule has 2 N–H and O–H groups in total. The Bertz CT molecular complexity index is 603. The number of thiophene rings is 1. The largest absolute Gasteiger partial charge is 0.493 e. The van der Waals surface area contributed by atoms with Crippen molar-refractivity contribution < 1.29 is 19.0 Å². The minimum Gasteiger partial charge on any atom is -0.493 e. The summed E-state index contributed by atoms with van der Waals surface area (Å²) in [7, 11) is 4.58. The first-order valence-corrected chi connectivity index (χ1v) is 7.43. The van der Waals surface area contributed by atoms with Crippen LogP contribution < -0.4 is 24.8 Å². The van der Waals surface area contributed by atoms with Crippen LogP contribution in [0.25, 0.3) is 0 Å². The Balaban J connectivity index is 2.06. The molecule has 6 nitrogen and oxygen atoms in total. The van der Waals surface area contributed by atoms with Crippen LogP contribution in [-0.4, -0.2) is 27.4 Å². The second kappa shape index (κ2) is 7.56. The monoisotopic (exact) mass is 322 g/mol. The van der Waals surface area contributed by atoms with Crippen molar-refractivity contribution in [3.05, 3.63) is 34.5 Å². The van der Waals surface area contributed by atoms with Crippen LogP contribution in [0.5, 0.6) is 17.2 Å². The van der Waals surface area contributed by atoms with Gasteiger partial charge in [0.1, 0.15) is 0 Å². The van der Waals surface area contributed by atoms with E-state index in [0.29, 0.717) is 29.5 Å². The topological polar surface area (TPSA) is 68.8 Å². The molecule has 0 aliphatic carbocycles. The molecule has 1 aromatic heterocycles. The highest BCUT2D eigenvalue weighted by molar-refractivity contribution is 7.09. The van der Waals surface area contributed by atoms with E-state index in [9.17, 15) is 4.79 Å². The van der Waals surface area contributed by atoms with E-state index in [1.807, 2.05) is 17.5 Å². The quantitative estimate of drug-likeness (QED) is 0.857. The summed E-state index contributed by atoms with van der Waals surface area (Å²) >= 11 is 1.59. The molecular weight excluding hydrogens is 304 g/mol. The van der Waals surface area contributed by atoms with Gasteiger partial charge in [0, 0.05) is 17.0 Å². The number of hydrogen-bond acceptors (Lipinski definition) is 5. The molecule has 0 saturated carbocycles. The van der Waals surface area contributed by atoms with Crippen molar-refractivity contribution in [2.75, 3.05) is 26.6 Å². The number of benzene rings is 1. The summed E-state index contributed by atoms with van der Waals surface area (Å²) < 4.78 is 15.7. The van der Waals surface area contributed by atoms with Crippen LogP contribution in [0.15, 0.2) is 29.6 Å². The molecule has 0 aliphatic rings. The summed E-state index contributed by atoms with van der Waals surface area (Å²) in [5.74, 6) is 1.44. The van der Waals surface area contributed by atoms with Gasteiger partial charge < -0.3 is 24.8 Å². The summed E-state index contributed by atoms with van der Waals surface area (Å²) in [6.45, 7) is 0.480. The number of urea groups is 1. The summed E-state index contributed by atoms with van der Waals surface area (Å²) in [4.78, 5) is 13.0. The van der Waals surface area contributed by atoms with Crippen molar-refractivity contribution in [2.24, 2.45) is 0 Å². The van der Waals surface area contributed by atoms with Crippen molar-refractivity contribution in [1.29, 1.82) is 0 Å². The predicted molar refractivity (Wildman–Crippen MR) is 86.3 cm³/mol. The standard InChI is InChI=1S/C15H18N2O4S/c1-19-12-7-10(8-13(20-2)14(12)21-3)17-15(18)16-9-11-5-4-6-22-11/h4-8H,9H2,1-3H3,(H2,16,17,18). The van der Waals surface area contributed by atoms with Gasteiger partial charge >= 0.3 is 6.03 Å². The number of amides is 2. The summed E-state index contributed by atoms with van der Waals surface area (Å²) in [6.07, 6.45) is 0. The lowest BCUT2D eigenvalue weighted by Gasteiger charge is -2.14. The average Bonchev–Trinajstić information content (AvgIpc) is 3.05. The zero-order chi connectivity index (χ0) is 15.9. The smallest absolute Gasteiger partial charge is 0.319 e. The SMILES string of the molecule is COc1cc(NC(=O)NCc2cccs2)cc(OC)c1OC. The molecule has 2 aromatic rings. The lowest BCUT2D eigenvalue weighted by Crippen LogP contribution is -2.27. The summed E-state index contributed by atoms with van der Waals surface area (Å²) in [6, 6.07) is 6.95. The first-order valence-electron chi connectivity index (χ1n) is 6.55. The Morgan fingerprint density at radius 3 is 2.32 bits per heavy atom. The van der Waals surface area contributed by atoms with Crippen molar-refractivity contribution in [3.8, 4) is 17.2 Å². The Morgan fingerprint density at radius 1 is 1.14 bits per heavy atom. The molecule has 0 bridgehead atoms. The lowest BCUT2D eigenvalue weighted by molar-refractivity contribution is 0.252. The van der Waals surface area contributed by atoms with Crippen LogP contribution in [-0.2, 0) is 6.54 Å². The number of anilines is 1. The second-order valence-electron chi connectivity index (χ2n) is 4.30. The Labute approximate surface area is 133 Å². The van der Waals surface area contributed by atoms with Crippen LogP contribution in [0, 0.1) is 0 Å². The minimum absolute atomic E-state index is 0.303. The number of carbonyl (C=O) groups excluding carboxylic acids is 1. The van der Waals surface area contributed by atoms with Crippen molar-refractivity contribution in [1.82, 2.24) is 5.32 Å². The van der Waals surface area contributed by atoms with Gasteiger partial charge in [0.25, 0.3) is 0 Å². The molecule has 0 saturated heterocycles. The highest BCUT2D eigenvalue weighted by atomic mass is 32.1. The molecule has 0 aliphatic heterocycles. The van der Waals surface area contributed by atoms with E-state index in [2.05, 4.69) is 10.6 Å². The molecule has 1 aromatic carbocycles. The van der Waals surface area contributed by atoms with Crippen LogP contribution >= 0.6 is 11.3 Å². The van der Waals surface area contributed by atoms with Gasteiger partial charge in [-0.15, -0.1) is 11.3 Å². The first kappa shape index (κ1) is 16.0. The fourth-order valence-electron chi connectivity index (χ4n) is 1.91. The van der Waals surface area contributed by atoms with Gasteiger partial charge in [-0.2, -0.15) is 0 Å². The van der Waals surface area contributed by atoms with E-state index in [4.69, 9.17) is 14.2 Å². The third-order valence-corrected chi connectivity index (χ3v) is 3.80. The molecule has 0 radical (unpaired) electrons. The van der Waals surface area contributed by atoms with Gasteiger partial charge in [-0.1, -0.05) is 6.07 Å². The van der Waals surface area contributed by atoms with E-state index in [-0.39, 0.29) is 6.03 Å². The molecule has 0 unspecified atom stereocenters. The fourth-order valence-corrected chi connectivity index (χ4v) is 2.55. The van der Waals surface area contributed by atoms with Crippen LogP contribution in [0.1, 0.15) is 4.88 Å². The number of rotatable bonds is 6. The molecule has 0 atom stereocenters. The highest BCUT2D eigenvalue weighted by Gasteiger charge is 2.14. The summed E-state index contributed by atoms with van der Waals surface area (Å²) in [5, 5.41) is 7.50. The number of nitrogens with one attached hydrogen (secondary N) is 2. The highest BCUT2D eigenvalue weighted by Crippen LogP contribution is 2.39. The Morgan fingerprint density at radius 2 is 1.82 bits per heavy atom. The van der Waals surface area contributed by atoms with Gasteiger partial charge in [0.05, 0.1) is 33.6 Å². The number of ether oxygens (including phenoxy) is 3. The second-order valence-corrected chi connectivity index (χ2v) is 5.33. The van der Waals surface area contributed by atoms with Crippen LogP contribution in [0.2, 0.25) is 0 Å². The number of hydrogen-bond donors (Lipinski definition) is 2. The normalized spacial score (nSPS) is 9.95. The minimum atomic E-state index is -0.303. The number of carbonyl (C=O) groups is 1. The van der Waals surface area contributed by atoms with Gasteiger partial charge in [0.15, 0.2) is 11.5 Å². The molecule has 2 rings (SSSR count).